The average molecular weight is 278 g/mol. The Labute approximate surface area is 119 Å². The average Bonchev–Trinajstić information content (AvgIpc) is 2.35. The van der Waals surface area contributed by atoms with Crippen molar-refractivity contribution in [2.24, 2.45) is 5.92 Å². The Hall–Kier alpha value is -2.04. The number of hydrogen-bond acceptors (Lipinski definition) is 2. The third-order valence-electron chi connectivity index (χ3n) is 2.86. The van der Waals surface area contributed by atoms with E-state index in [0.29, 0.717) is 6.54 Å². The highest BCUT2D eigenvalue weighted by Crippen LogP contribution is 2.16. The van der Waals surface area contributed by atoms with Gasteiger partial charge in [-0.3, -0.25) is 9.69 Å². The maximum Gasteiger partial charge on any atom is 0.324 e. The van der Waals surface area contributed by atoms with Crippen molar-refractivity contribution in [2.75, 3.05) is 25.0 Å². The van der Waals surface area contributed by atoms with E-state index in [9.17, 15) is 9.59 Å². The number of hydrogen-bond donors (Lipinski definition) is 1. The summed E-state index contributed by atoms with van der Waals surface area (Å²) in [5.41, 5.74) is 1.81. The normalized spacial score (nSPS) is 10.4. The standard InChI is InChI=1S/C15H22N2O3/c1-11(2)9-17(10-14(18)19)15(20)16(4)13-7-5-6-12(3)8-13/h5-8,11H,9-10H2,1-4H3,(H,18,19). The topological polar surface area (TPSA) is 60.9 Å². The Morgan fingerprint density at radius 3 is 2.45 bits per heavy atom. The first kappa shape index (κ1) is 16.0. The number of benzene rings is 1. The third kappa shape index (κ3) is 4.57. The zero-order chi connectivity index (χ0) is 15.3. The highest BCUT2D eigenvalue weighted by molar-refractivity contribution is 5.93. The summed E-state index contributed by atoms with van der Waals surface area (Å²) in [6.45, 7) is 5.99. The number of aryl methyl sites for hydroxylation is 1. The molecule has 20 heavy (non-hydrogen) atoms. The molecule has 0 unspecified atom stereocenters. The number of carbonyl (C=O) groups is 2. The van der Waals surface area contributed by atoms with Crippen LogP contribution < -0.4 is 4.90 Å². The van der Waals surface area contributed by atoms with Crippen LogP contribution in [0.25, 0.3) is 0 Å². The largest absolute Gasteiger partial charge is 0.480 e. The summed E-state index contributed by atoms with van der Waals surface area (Å²) in [4.78, 5) is 26.2. The van der Waals surface area contributed by atoms with Crippen LogP contribution in [0.5, 0.6) is 0 Å². The smallest absolute Gasteiger partial charge is 0.324 e. The molecule has 0 aliphatic rings. The molecule has 5 heteroatoms. The minimum atomic E-state index is -1.00. The van der Waals surface area contributed by atoms with Crippen LogP contribution in [-0.4, -0.2) is 42.1 Å². The van der Waals surface area contributed by atoms with Crippen molar-refractivity contribution in [1.29, 1.82) is 0 Å². The lowest BCUT2D eigenvalue weighted by Gasteiger charge is -2.28. The van der Waals surface area contributed by atoms with Gasteiger partial charge in [-0.2, -0.15) is 0 Å². The van der Waals surface area contributed by atoms with Gasteiger partial charge in [0.1, 0.15) is 6.54 Å². The van der Waals surface area contributed by atoms with Crippen LogP contribution in [-0.2, 0) is 4.79 Å². The molecule has 0 fully saturated rings. The van der Waals surface area contributed by atoms with Crippen LogP contribution in [0.4, 0.5) is 10.5 Å². The molecule has 1 aromatic rings. The molecule has 5 nitrogen and oxygen atoms in total. The SMILES string of the molecule is Cc1cccc(N(C)C(=O)N(CC(=O)O)CC(C)C)c1. The van der Waals surface area contributed by atoms with Crippen LogP contribution in [0.3, 0.4) is 0 Å². The van der Waals surface area contributed by atoms with Crippen molar-refractivity contribution in [3.63, 3.8) is 0 Å². The minimum Gasteiger partial charge on any atom is -0.480 e. The molecule has 1 aromatic carbocycles. The number of aliphatic carboxylic acids is 1. The summed E-state index contributed by atoms with van der Waals surface area (Å²) in [6.07, 6.45) is 0. The Bertz CT molecular complexity index is 486. The van der Waals surface area contributed by atoms with E-state index >= 15 is 0 Å². The molecule has 0 radical (unpaired) electrons. The molecular weight excluding hydrogens is 256 g/mol. The van der Waals surface area contributed by atoms with Gasteiger partial charge >= 0.3 is 12.0 Å². The van der Waals surface area contributed by atoms with Gasteiger partial charge in [-0.25, -0.2) is 4.79 Å². The molecule has 0 aromatic heterocycles. The van der Waals surface area contributed by atoms with Gasteiger partial charge < -0.3 is 10.0 Å². The molecule has 1 N–H and O–H groups in total. The number of rotatable bonds is 5. The van der Waals surface area contributed by atoms with Gasteiger partial charge in [-0.15, -0.1) is 0 Å². The molecule has 0 aliphatic carbocycles. The number of nitrogens with zero attached hydrogens (tertiary/aromatic N) is 2. The zero-order valence-corrected chi connectivity index (χ0v) is 12.5. The molecule has 0 spiro atoms. The van der Waals surface area contributed by atoms with E-state index in [1.54, 1.807) is 7.05 Å². The first-order valence-corrected chi connectivity index (χ1v) is 6.62. The number of carbonyl (C=O) groups excluding carboxylic acids is 1. The van der Waals surface area contributed by atoms with Crippen molar-refractivity contribution >= 4 is 17.7 Å². The monoisotopic (exact) mass is 278 g/mol. The predicted octanol–water partition coefficient (Wildman–Crippen LogP) is 2.59. The number of carboxylic acid groups (broad SMARTS) is 1. The summed E-state index contributed by atoms with van der Waals surface area (Å²) in [5.74, 6) is -0.791. The lowest BCUT2D eigenvalue weighted by Crippen LogP contribution is -2.45. The number of anilines is 1. The minimum absolute atomic E-state index is 0.212. The molecule has 0 aliphatic heterocycles. The highest BCUT2D eigenvalue weighted by atomic mass is 16.4. The van der Waals surface area contributed by atoms with Gasteiger partial charge in [0, 0.05) is 19.3 Å². The van der Waals surface area contributed by atoms with Gasteiger partial charge in [-0.1, -0.05) is 26.0 Å². The van der Waals surface area contributed by atoms with Gasteiger partial charge in [0.25, 0.3) is 0 Å². The van der Waals surface area contributed by atoms with E-state index in [1.807, 2.05) is 45.0 Å². The summed E-state index contributed by atoms with van der Waals surface area (Å²) in [7, 11) is 1.66. The Balaban J connectivity index is 2.90. The van der Waals surface area contributed by atoms with Crippen LogP contribution in [0, 0.1) is 12.8 Å². The fourth-order valence-electron chi connectivity index (χ4n) is 1.97. The first-order chi connectivity index (χ1) is 9.31. The highest BCUT2D eigenvalue weighted by Gasteiger charge is 2.22. The van der Waals surface area contributed by atoms with Gasteiger partial charge in [-0.05, 0) is 30.5 Å². The molecule has 0 saturated carbocycles. The first-order valence-electron chi connectivity index (χ1n) is 6.62. The maximum atomic E-state index is 12.4. The van der Waals surface area contributed by atoms with Crippen molar-refractivity contribution < 1.29 is 14.7 Å². The number of carboxylic acids is 1. The predicted molar refractivity (Wildman–Crippen MR) is 79.0 cm³/mol. The van der Waals surface area contributed by atoms with Crippen LogP contribution >= 0.6 is 0 Å². The second kappa shape index (κ2) is 6.93. The lowest BCUT2D eigenvalue weighted by atomic mass is 10.2. The fourth-order valence-corrected chi connectivity index (χ4v) is 1.97. The molecule has 110 valence electrons. The molecule has 1 rings (SSSR count). The molecule has 2 amide bonds. The second-order valence-electron chi connectivity index (χ2n) is 5.35. The Kier molecular flexibility index (Phi) is 5.55. The number of urea groups is 1. The van der Waals surface area contributed by atoms with Crippen molar-refractivity contribution in [3.05, 3.63) is 29.8 Å². The Morgan fingerprint density at radius 1 is 1.30 bits per heavy atom. The van der Waals surface area contributed by atoms with Gasteiger partial charge in [0.05, 0.1) is 0 Å². The Morgan fingerprint density at radius 2 is 1.95 bits per heavy atom. The van der Waals surface area contributed by atoms with E-state index < -0.39 is 5.97 Å². The maximum absolute atomic E-state index is 12.4. The molecule has 0 heterocycles. The van der Waals surface area contributed by atoms with Crippen LogP contribution in [0.15, 0.2) is 24.3 Å². The molecule has 0 atom stereocenters. The lowest BCUT2D eigenvalue weighted by molar-refractivity contribution is -0.137. The van der Waals surface area contributed by atoms with Gasteiger partial charge in [0.2, 0.25) is 0 Å². The van der Waals surface area contributed by atoms with Crippen LogP contribution in [0.1, 0.15) is 19.4 Å². The molecular formula is C15H22N2O3. The molecule has 0 bridgehead atoms. The van der Waals surface area contributed by atoms with E-state index in [1.165, 1.54) is 9.80 Å². The van der Waals surface area contributed by atoms with Crippen molar-refractivity contribution in [2.45, 2.75) is 20.8 Å². The van der Waals surface area contributed by atoms with Crippen molar-refractivity contribution in [3.8, 4) is 0 Å². The summed E-state index contributed by atoms with van der Waals surface area (Å²) in [6, 6.07) is 7.25. The molecule has 0 saturated heterocycles. The summed E-state index contributed by atoms with van der Waals surface area (Å²) < 4.78 is 0. The van der Waals surface area contributed by atoms with E-state index in [0.717, 1.165) is 11.3 Å². The summed E-state index contributed by atoms with van der Waals surface area (Å²) in [5, 5.41) is 8.93. The summed E-state index contributed by atoms with van der Waals surface area (Å²) >= 11 is 0. The van der Waals surface area contributed by atoms with Crippen molar-refractivity contribution in [1.82, 2.24) is 4.90 Å². The second-order valence-corrected chi connectivity index (χ2v) is 5.35. The number of amides is 2. The fraction of sp³-hybridized carbons (Fsp3) is 0.467. The van der Waals surface area contributed by atoms with Crippen LogP contribution in [0.2, 0.25) is 0 Å². The van der Waals surface area contributed by atoms with E-state index in [-0.39, 0.29) is 18.5 Å². The van der Waals surface area contributed by atoms with E-state index in [4.69, 9.17) is 5.11 Å². The zero-order valence-electron chi connectivity index (χ0n) is 12.5. The third-order valence-corrected chi connectivity index (χ3v) is 2.86. The van der Waals surface area contributed by atoms with E-state index in [2.05, 4.69) is 0 Å². The quantitative estimate of drug-likeness (QED) is 0.900. The van der Waals surface area contributed by atoms with Gasteiger partial charge in [0.15, 0.2) is 0 Å².